The lowest BCUT2D eigenvalue weighted by molar-refractivity contribution is 0.0512. The molecule has 0 unspecified atom stereocenters. The second-order valence-electron chi connectivity index (χ2n) is 8.25. The van der Waals surface area contributed by atoms with E-state index in [2.05, 4.69) is 13.8 Å². The second-order valence-corrected chi connectivity index (χ2v) is 8.25. The van der Waals surface area contributed by atoms with Crippen molar-refractivity contribution in [3.63, 3.8) is 0 Å². The van der Waals surface area contributed by atoms with Crippen LogP contribution in [0.25, 0.3) is 0 Å². The number of amides is 2. The zero-order valence-corrected chi connectivity index (χ0v) is 18.8. The molecule has 6 heteroatoms. The van der Waals surface area contributed by atoms with Crippen molar-refractivity contribution in [3.8, 4) is 11.5 Å². The van der Waals surface area contributed by atoms with Crippen molar-refractivity contribution < 1.29 is 19.1 Å². The average molecular weight is 425 g/mol. The number of benzene rings is 2. The average Bonchev–Trinajstić information content (AvgIpc) is 2.78. The summed E-state index contributed by atoms with van der Waals surface area (Å²) in [4.78, 5) is 30.1. The van der Waals surface area contributed by atoms with Crippen LogP contribution in [0, 0.1) is 5.92 Å². The predicted molar refractivity (Wildman–Crippen MR) is 121 cm³/mol. The number of para-hydroxylation sites is 2. The largest absolute Gasteiger partial charge is 0.496 e. The monoisotopic (exact) mass is 424 g/mol. The van der Waals surface area contributed by atoms with Crippen LogP contribution in [0.15, 0.2) is 48.5 Å². The Bertz CT molecular complexity index is 912. The van der Waals surface area contributed by atoms with Gasteiger partial charge in [0.15, 0.2) is 0 Å². The first-order valence-electron chi connectivity index (χ1n) is 10.8. The van der Waals surface area contributed by atoms with Crippen LogP contribution >= 0.6 is 0 Å². The molecule has 0 spiro atoms. The van der Waals surface area contributed by atoms with E-state index in [9.17, 15) is 9.59 Å². The van der Waals surface area contributed by atoms with Gasteiger partial charge >= 0.3 is 0 Å². The van der Waals surface area contributed by atoms with Gasteiger partial charge in [-0.1, -0.05) is 38.1 Å². The molecule has 2 aromatic rings. The minimum absolute atomic E-state index is 0.0424. The highest BCUT2D eigenvalue weighted by atomic mass is 16.5. The summed E-state index contributed by atoms with van der Waals surface area (Å²) in [5.74, 6) is 1.19. The van der Waals surface area contributed by atoms with E-state index in [0.29, 0.717) is 42.3 Å². The van der Waals surface area contributed by atoms with E-state index in [1.807, 2.05) is 35.2 Å². The van der Waals surface area contributed by atoms with Gasteiger partial charge < -0.3 is 19.3 Å². The maximum Gasteiger partial charge on any atom is 0.257 e. The number of methoxy groups -OCH3 is 1. The van der Waals surface area contributed by atoms with Gasteiger partial charge in [0.25, 0.3) is 11.8 Å². The summed E-state index contributed by atoms with van der Waals surface area (Å²) in [5, 5.41) is 0. The normalized spacial score (nSPS) is 18.0. The number of carbonyl (C=O) groups is 2. The molecular weight excluding hydrogens is 392 g/mol. The number of ether oxygens (including phenoxy) is 2. The molecule has 31 heavy (non-hydrogen) atoms. The predicted octanol–water partition coefficient (Wildman–Crippen LogP) is 4.11. The van der Waals surface area contributed by atoms with Crippen LogP contribution in [0.1, 0.15) is 47.4 Å². The first kappa shape index (κ1) is 22.7. The molecule has 2 amide bonds. The maximum absolute atomic E-state index is 13.6. The molecule has 0 aliphatic carbocycles. The summed E-state index contributed by atoms with van der Waals surface area (Å²) in [6.07, 6.45) is 1.61. The Balaban J connectivity index is 1.96. The van der Waals surface area contributed by atoms with Gasteiger partial charge in [-0.05, 0) is 43.0 Å². The van der Waals surface area contributed by atoms with E-state index in [1.165, 1.54) is 0 Å². The van der Waals surface area contributed by atoms with Gasteiger partial charge in [-0.15, -0.1) is 0 Å². The van der Waals surface area contributed by atoms with Gasteiger partial charge in [0.2, 0.25) is 0 Å². The van der Waals surface area contributed by atoms with Crippen LogP contribution < -0.4 is 9.47 Å². The highest BCUT2D eigenvalue weighted by molar-refractivity contribution is 5.97. The smallest absolute Gasteiger partial charge is 0.257 e. The molecule has 0 radical (unpaired) electrons. The van der Waals surface area contributed by atoms with Crippen molar-refractivity contribution in [2.75, 3.05) is 33.9 Å². The second kappa shape index (κ2) is 10.3. The Kier molecular flexibility index (Phi) is 7.55. The number of rotatable bonds is 3. The highest BCUT2D eigenvalue weighted by Gasteiger charge is 2.30. The van der Waals surface area contributed by atoms with E-state index in [0.717, 1.165) is 12.8 Å². The third-order valence-corrected chi connectivity index (χ3v) is 5.78. The molecule has 0 saturated carbocycles. The minimum atomic E-state index is -0.141. The number of carbonyl (C=O) groups excluding carboxylic acids is 2. The van der Waals surface area contributed by atoms with Crippen LogP contribution in [0.4, 0.5) is 0 Å². The lowest BCUT2D eigenvalue weighted by Crippen LogP contribution is -2.47. The molecule has 0 aromatic heterocycles. The molecule has 3 rings (SSSR count). The summed E-state index contributed by atoms with van der Waals surface area (Å²) < 4.78 is 11.6. The first-order chi connectivity index (χ1) is 14.9. The van der Waals surface area contributed by atoms with Crippen molar-refractivity contribution in [2.45, 2.75) is 32.7 Å². The van der Waals surface area contributed by atoms with Gasteiger partial charge in [-0.25, -0.2) is 0 Å². The molecule has 6 nitrogen and oxygen atoms in total. The lowest BCUT2D eigenvalue weighted by Gasteiger charge is -2.35. The van der Waals surface area contributed by atoms with Crippen LogP contribution in [0.2, 0.25) is 0 Å². The molecule has 0 bridgehead atoms. The van der Waals surface area contributed by atoms with Crippen molar-refractivity contribution >= 4 is 11.8 Å². The van der Waals surface area contributed by atoms with Crippen molar-refractivity contribution in [1.29, 1.82) is 0 Å². The van der Waals surface area contributed by atoms with Crippen molar-refractivity contribution in [3.05, 3.63) is 59.7 Å². The van der Waals surface area contributed by atoms with E-state index in [1.54, 1.807) is 37.3 Å². The molecular formula is C25H32N2O4. The summed E-state index contributed by atoms with van der Waals surface area (Å²) in [5.41, 5.74) is 1.10. The Labute approximate surface area is 184 Å². The summed E-state index contributed by atoms with van der Waals surface area (Å²) in [6, 6.07) is 14.5. The molecule has 0 N–H and O–H groups in total. The Morgan fingerprint density at radius 3 is 2.48 bits per heavy atom. The summed E-state index contributed by atoms with van der Waals surface area (Å²) >= 11 is 0. The van der Waals surface area contributed by atoms with Gasteiger partial charge in [-0.3, -0.25) is 9.59 Å². The molecule has 166 valence electrons. The third kappa shape index (κ3) is 5.19. The zero-order chi connectivity index (χ0) is 22.4. The van der Waals surface area contributed by atoms with Gasteiger partial charge in [0.1, 0.15) is 18.1 Å². The lowest BCUT2D eigenvalue weighted by atomic mass is 10.0. The topological polar surface area (TPSA) is 59.1 Å². The number of hydrogen-bond donors (Lipinski definition) is 0. The fourth-order valence-corrected chi connectivity index (χ4v) is 3.92. The molecule has 0 saturated heterocycles. The standard InChI is InChI=1S/C25H32N2O4/c1-18(2)21-17-31-23-14-8-6-12-20(23)24(28)26(3)15-9-10-16-27(21)25(29)19-11-5-7-13-22(19)30-4/h5-8,11-14,18,21H,9-10,15-17H2,1-4H3/t21-/m1/s1. The summed E-state index contributed by atoms with van der Waals surface area (Å²) in [7, 11) is 3.38. The minimum Gasteiger partial charge on any atom is -0.496 e. The molecule has 1 atom stereocenters. The van der Waals surface area contributed by atoms with Gasteiger partial charge in [-0.2, -0.15) is 0 Å². The Hall–Kier alpha value is -3.02. The SMILES string of the molecule is COc1ccccc1C(=O)N1CCCCN(C)C(=O)c2ccccc2OC[C@@H]1C(C)C. The molecule has 1 aliphatic rings. The van der Waals surface area contributed by atoms with E-state index in [4.69, 9.17) is 9.47 Å². The van der Waals surface area contributed by atoms with E-state index >= 15 is 0 Å². The fourth-order valence-electron chi connectivity index (χ4n) is 3.92. The van der Waals surface area contributed by atoms with E-state index < -0.39 is 0 Å². The zero-order valence-electron chi connectivity index (χ0n) is 18.8. The van der Waals surface area contributed by atoms with Gasteiger partial charge in [0, 0.05) is 20.1 Å². The number of nitrogens with zero attached hydrogens (tertiary/aromatic N) is 2. The molecule has 1 aliphatic heterocycles. The quantitative estimate of drug-likeness (QED) is 0.744. The fraction of sp³-hybridized carbons (Fsp3) is 0.440. The Morgan fingerprint density at radius 2 is 1.74 bits per heavy atom. The van der Waals surface area contributed by atoms with Crippen molar-refractivity contribution in [1.82, 2.24) is 9.80 Å². The highest BCUT2D eigenvalue weighted by Crippen LogP contribution is 2.26. The molecule has 1 heterocycles. The van der Waals surface area contributed by atoms with Crippen LogP contribution in [-0.4, -0.2) is 61.5 Å². The number of fused-ring (bicyclic) bond motifs is 1. The van der Waals surface area contributed by atoms with Crippen molar-refractivity contribution in [2.24, 2.45) is 5.92 Å². The van der Waals surface area contributed by atoms with Gasteiger partial charge in [0.05, 0.1) is 24.3 Å². The van der Waals surface area contributed by atoms with Crippen LogP contribution in [-0.2, 0) is 0 Å². The molecule has 0 fully saturated rings. The Morgan fingerprint density at radius 1 is 1.06 bits per heavy atom. The maximum atomic E-state index is 13.6. The number of hydrogen-bond acceptors (Lipinski definition) is 4. The van der Waals surface area contributed by atoms with Crippen LogP contribution in [0.3, 0.4) is 0 Å². The molecule has 2 aromatic carbocycles. The summed E-state index contributed by atoms with van der Waals surface area (Å²) in [6.45, 7) is 5.70. The van der Waals surface area contributed by atoms with E-state index in [-0.39, 0.29) is 23.8 Å². The first-order valence-corrected chi connectivity index (χ1v) is 10.8. The third-order valence-electron chi connectivity index (χ3n) is 5.78. The van der Waals surface area contributed by atoms with Crippen LogP contribution in [0.5, 0.6) is 11.5 Å².